The summed E-state index contributed by atoms with van der Waals surface area (Å²) < 4.78 is 31.0. The highest BCUT2D eigenvalue weighted by atomic mass is 32.2. The first kappa shape index (κ1) is 21.9. The van der Waals surface area contributed by atoms with Crippen molar-refractivity contribution in [3.8, 4) is 0 Å². The van der Waals surface area contributed by atoms with Gasteiger partial charge in [0.05, 0.1) is 6.42 Å². The summed E-state index contributed by atoms with van der Waals surface area (Å²) in [5, 5.41) is 2.81. The van der Waals surface area contributed by atoms with Gasteiger partial charge in [0.25, 0.3) is 5.91 Å². The number of benzene rings is 2. The van der Waals surface area contributed by atoms with Gasteiger partial charge in [-0.1, -0.05) is 32.0 Å². The summed E-state index contributed by atoms with van der Waals surface area (Å²) in [5.74, 6) is -2.20. The van der Waals surface area contributed by atoms with E-state index >= 15 is 0 Å². The zero-order valence-electron chi connectivity index (χ0n) is 16.1. The summed E-state index contributed by atoms with van der Waals surface area (Å²) >= 11 is 1.21. The Bertz CT molecular complexity index is 856. The molecule has 0 aliphatic heterocycles. The molecule has 0 aliphatic rings. The number of carbonyl (C=O) groups excluding carboxylic acids is 2. The minimum atomic E-state index is -0.929. The van der Waals surface area contributed by atoms with Gasteiger partial charge in [-0.3, -0.25) is 9.59 Å². The number of carbonyl (C=O) groups is 2. The first-order valence-electron chi connectivity index (χ1n) is 8.90. The Balaban J connectivity index is 1.78. The van der Waals surface area contributed by atoms with Crippen LogP contribution in [0.15, 0.2) is 41.3 Å². The van der Waals surface area contributed by atoms with E-state index in [-0.39, 0.29) is 18.9 Å². The van der Waals surface area contributed by atoms with Gasteiger partial charge in [0, 0.05) is 16.3 Å². The van der Waals surface area contributed by atoms with E-state index in [1.807, 2.05) is 39.0 Å². The Kier molecular flexibility index (Phi) is 7.99. The van der Waals surface area contributed by atoms with Crippen molar-refractivity contribution in [3.05, 3.63) is 59.2 Å². The second-order valence-electron chi connectivity index (χ2n) is 6.58. The fourth-order valence-corrected chi connectivity index (χ4v) is 3.41. The summed E-state index contributed by atoms with van der Waals surface area (Å²) in [7, 11) is 0. The molecule has 0 aromatic heterocycles. The van der Waals surface area contributed by atoms with Crippen LogP contribution in [-0.4, -0.2) is 24.2 Å². The zero-order valence-corrected chi connectivity index (χ0v) is 16.9. The maximum absolute atomic E-state index is 13.1. The zero-order chi connectivity index (χ0) is 20.7. The Morgan fingerprint density at radius 1 is 1.14 bits per heavy atom. The van der Waals surface area contributed by atoms with Crippen LogP contribution in [0, 0.1) is 18.6 Å². The van der Waals surface area contributed by atoms with Crippen molar-refractivity contribution >= 4 is 29.3 Å². The molecule has 0 aliphatic carbocycles. The highest BCUT2D eigenvalue weighted by molar-refractivity contribution is 7.99. The maximum Gasteiger partial charge on any atom is 0.307 e. The van der Waals surface area contributed by atoms with Gasteiger partial charge in [0.15, 0.2) is 18.2 Å². The van der Waals surface area contributed by atoms with E-state index in [0.29, 0.717) is 10.6 Å². The molecule has 4 nitrogen and oxygen atoms in total. The molecule has 0 bridgehead atoms. The van der Waals surface area contributed by atoms with Crippen LogP contribution in [-0.2, 0) is 14.3 Å². The number of esters is 1. The van der Waals surface area contributed by atoms with Crippen LogP contribution < -0.4 is 5.32 Å². The molecule has 28 heavy (non-hydrogen) atoms. The monoisotopic (exact) mass is 407 g/mol. The number of nitrogens with one attached hydrogen (secondary N) is 1. The third kappa shape index (κ3) is 6.34. The van der Waals surface area contributed by atoms with Crippen LogP contribution in [0.5, 0.6) is 0 Å². The van der Waals surface area contributed by atoms with Gasteiger partial charge in [0.2, 0.25) is 0 Å². The lowest BCUT2D eigenvalue weighted by molar-refractivity contribution is -0.146. The molecule has 0 saturated heterocycles. The van der Waals surface area contributed by atoms with Gasteiger partial charge in [-0.25, -0.2) is 8.78 Å². The highest BCUT2D eigenvalue weighted by Crippen LogP contribution is 2.27. The molecule has 0 atom stereocenters. The minimum Gasteiger partial charge on any atom is -0.456 e. The molecule has 0 spiro atoms. The molecule has 7 heteroatoms. The van der Waals surface area contributed by atoms with Crippen LogP contribution in [0.25, 0.3) is 0 Å². The molecule has 0 unspecified atom stereocenters. The topological polar surface area (TPSA) is 55.4 Å². The molecule has 2 aromatic carbocycles. The average Bonchev–Trinajstić information content (AvgIpc) is 2.64. The van der Waals surface area contributed by atoms with Crippen LogP contribution >= 0.6 is 11.8 Å². The predicted molar refractivity (Wildman–Crippen MR) is 107 cm³/mol. The standard InChI is InChI=1S/C21H23F2NO3S/c1-13(2)16-6-4-5-14(3)21(16)24-19(25)12-27-20(26)9-10-28-15-7-8-17(22)18(23)11-15/h4-8,11,13H,9-10,12H2,1-3H3,(H,24,25). The molecule has 2 rings (SSSR count). The Labute approximate surface area is 167 Å². The highest BCUT2D eigenvalue weighted by Gasteiger charge is 2.14. The summed E-state index contributed by atoms with van der Waals surface area (Å²) in [6, 6.07) is 9.35. The summed E-state index contributed by atoms with van der Waals surface area (Å²) in [6.45, 7) is 5.60. The number of halogens is 2. The number of aryl methyl sites for hydroxylation is 1. The van der Waals surface area contributed by atoms with E-state index < -0.39 is 23.5 Å². The smallest absolute Gasteiger partial charge is 0.307 e. The number of anilines is 1. The minimum absolute atomic E-state index is 0.0541. The van der Waals surface area contributed by atoms with Gasteiger partial charge in [-0.05, 0) is 42.2 Å². The quantitative estimate of drug-likeness (QED) is 0.491. The maximum atomic E-state index is 13.1. The Morgan fingerprint density at radius 3 is 2.57 bits per heavy atom. The Morgan fingerprint density at radius 2 is 1.89 bits per heavy atom. The van der Waals surface area contributed by atoms with E-state index in [1.54, 1.807) is 0 Å². The summed E-state index contributed by atoms with van der Waals surface area (Å²) in [5.41, 5.74) is 2.70. The van der Waals surface area contributed by atoms with E-state index in [4.69, 9.17) is 4.74 Å². The normalized spacial score (nSPS) is 10.8. The molecule has 1 N–H and O–H groups in total. The van der Waals surface area contributed by atoms with Crippen molar-refractivity contribution in [1.82, 2.24) is 0 Å². The van der Waals surface area contributed by atoms with Crippen molar-refractivity contribution in [1.29, 1.82) is 0 Å². The van der Waals surface area contributed by atoms with Gasteiger partial charge in [0.1, 0.15) is 0 Å². The molecule has 1 amide bonds. The van der Waals surface area contributed by atoms with Gasteiger partial charge >= 0.3 is 5.97 Å². The van der Waals surface area contributed by atoms with Crippen molar-refractivity contribution in [3.63, 3.8) is 0 Å². The van der Waals surface area contributed by atoms with E-state index in [0.717, 1.165) is 28.9 Å². The lowest BCUT2D eigenvalue weighted by atomic mass is 9.98. The van der Waals surface area contributed by atoms with Crippen LogP contribution in [0.4, 0.5) is 14.5 Å². The molecule has 150 valence electrons. The van der Waals surface area contributed by atoms with Crippen molar-refractivity contribution in [2.45, 2.75) is 38.0 Å². The molecule has 0 saturated carbocycles. The van der Waals surface area contributed by atoms with E-state index in [2.05, 4.69) is 5.32 Å². The molecular weight excluding hydrogens is 384 g/mol. The van der Waals surface area contributed by atoms with Crippen LogP contribution in [0.3, 0.4) is 0 Å². The second kappa shape index (κ2) is 10.2. The molecule has 0 radical (unpaired) electrons. The number of para-hydroxylation sites is 1. The first-order chi connectivity index (χ1) is 13.3. The molecular formula is C21H23F2NO3S. The summed E-state index contributed by atoms with van der Waals surface area (Å²) in [6.07, 6.45) is 0.0541. The average molecular weight is 407 g/mol. The number of hydrogen-bond acceptors (Lipinski definition) is 4. The third-order valence-electron chi connectivity index (χ3n) is 4.02. The van der Waals surface area contributed by atoms with Crippen LogP contribution in [0.2, 0.25) is 0 Å². The molecule has 0 heterocycles. The van der Waals surface area contributed by atoms with Gasteiger partial charge < -0.3 is 10.1 Å². The number of rotatable bonds is 8. The SMILES string of the molecule is Cc1cccc(C(C)C)c1NC(=O)COC(=O)CCSc1ccc(F)c(F)c1. The largest absolute Gasteiger partial charge is 0.456 e. The van der Waals surface area contributed by atoms with Crippen LogP contribution in [0.1, 0.15) is 37.3 Å². The first-order valence-corrected chi connectivity index (χ1v) is 9.89. The van der Waals surface area contributed by atoms with E-state index in [1.165, 1.54) is 17.8 Å². The van der Waals surface area contributed by atoms with Crippen molar-refractivity contribution in [2.24, 2.45) is 0 Å². The van der Waals surface area contributed by atoms with Crippen molar-refractivity contribution in [2.75, 3.05) is 17.7 Å². The van der Waals surface area contributed by atoms with Gasteiger partial charge in [-0.15, -0.1) is 11.8 Å². The fourth-order valence-electron chi connectivity index (χ4n) is 2.55. The summed E-state index contributed by atoms with van der Waals surface area (Å²) in [4.78, 5) is 24.5. The second-order valence-corrected chi connectivity index (χ2v) is 7.75. The predicted octanol–water partition coefficient (Wildman–Crippen LogP) is 5.06. The van der Waals surface area contributed by atoms with Gasteiger partial charge in [-0.2, -0.15) is 0 Å². The lowest BCUT2D eigenvalue weighted by Gasteiger charge is -2.16. The third-order valence-corrected chi connectivity index (χ3v) is 5.02. The number of thioether (sulfide) groups is 1. The Hall–Kier alpha value is -2.41. The molecule has 0 fully saturated rings. The van der Waals surface area contributed by atoms with Crippen molar-refractivity contribution < 1.29 is 23.1 Å². The number of hydrogen-bond donors (Lipinski definition) is 1. The lowest BCUT2D eigenvalue weighted by Crippen LogP contribution is -2.22. The fraction of sp³-hybridized carbons (Fsp3) is 0.333. The van der Waals surface area contributed by atoms with E-state index in [9.17, 15) is 18.4 Å². The number of amides is 1. The number of ether oxygens (including phenoxy) is 1. The molecule has 2 aromatic rings.